The molecule has 160 valence electrons. The summed E-state index contributed by atoms with van der Waals surface area (Å²) in [6.07, 6.45) is 7.04. The van der Waals surface area contributed by atoms with E-state index in [2.05, 4.69) is 26.0 Å². The van der Waals surface area contributed by atoms with Crippen molar-refractivity contribution in [2.24, 2.45) is 5.41 Å². The molecule has 2 aromatic heterocycles. The summed E-state index contributed by atoms with van der Waals surface area (Å²) in [5, 5.41) is 16.8. The Morgan fingerprint density at radius 3 is 2.83 bits per heavy atom. The van der Waals surface area contributed by atoms with Crippen LogP contribution in [-0.4, -0.2) is 39.5 Å². The second-order valence-corrected chi connectivity index (χ2v) is 9.00. The SMILES string of the molecule is Cc1cc(CC(=O)Nc2cc([C@H]3CC[C@H](OC(=O)NC4CCC45CC5)C3)[nH]n2)on1. The molecule has 1 spiro atoms. The first-order chi connectivity index (χ1) is 14.5. The summed E-state index contributed by atoms with van der Waals surface area (Å²) in [6.45, 7) is 1.81. The van der Waals surface area contributed by atoms with Gasteiger partial charge in [-0.15, -0.1) is 0 Å². The first-order valence-electron chi connectivity index (χ1n) is 10.7. The second kappa shape index (κ2) is 7.45. The highest BCUT2D eigenvalue weighted by atomic mass is 16.6. The van der Waals surface area contributed by atoms with Gasteiger partial charge in [0.25, 0.3) is 0 Å². The van der Waals surface area contributed by atoms with Crippen molar-refractivity contribution >= 4 is 17.8 Å². The summed E-state index contributed by atoms with van der Waals surface area (Å²) in [4.78, 5) is 24.4. The van der Waals surface area contributed by atoms with Gasteiger partial charge >= 0.3 is 6.09 Å². The van der Waals surface area contributed by atoms with Crippen molar-refractivity contribution in [2.75, 3.05) is 5.32 Å². The number of anilines is 1. The summed E-state index contributed by atoms with van der Waals surface area (Å²) in [5.74, 6) is 1.02. The Morgan fingerprint density at radius 1 is 1.27 bits per heavy atom. The van der Waals surface area contributed by atoms with Crippen LogP contribution in [0, 0.1) is 12.3 Å². The Hall–Kier alpha value is -2.84. The van der Waals surface area contributed by atoms with Gasteiger partial charge in [0.1, 0.15) is 11.9 Å². The molecule has 3 saturated carbocycles. The molecule has 2 aromatic rings. The number of carbonyl (C=O) groups excluding carboxylic acids is 2. The van der Waals surface area contributed by atoms with Gasteiger partial charge in [0.05, 0.1) is 12.1 Å². The van der Waals surface area contributed by atoms with Crippen LogP contribution in [0.3, 0.4) is 0 Å². The van der Waals surface area contributed by atoms with Gasteiger partial charge < -0.3 is 19.9 Å². The predicted molar refractivity (Wildman–Crippen MR) is 107 cm³/mol. The molecule has 0 aromatic carbocycles. The Kier molecular flexibility index (Phi) is 4.75. The van der Waals surface area contributed by atoms with Gasteiger partial charge in [-0.3, -0.25) is 9.89 Å². The van der Waals surface area contributed by atoms with E-state index in [1.807, 2.05) is 13.0 Å². The number of aryl methyl sites for hydroxylation is 1. The number of aromatic nitrogens is 3. The largest absolute Gasteiger partial charge is 0.446 e. The molecule has 0 radical (unpaired) electrons. The van der Waals surface area contributed by atoms with E-state index in [-0.39, 0.29) is 30.4 Å². The second-order valence-electron chi connectivity index (χ2n) is 9.00. The number of ether oxygens (including phenoxy) is 1. The lowest BCUT2D eigenvalue weighted by atomic mass is 9.76. The summed E-state index contributed by atoms with van der Waals surface area (Å²) >= 11 is 0. The lowest BCUT2D eigenvalue weighted by Gasteiger charge is -2.37. The summed E-state index contributed by atoms with van der Waals surface area (Å²) in [7, 11) is 0. The number of alkyl carbamates (subject to hydrolysis) is 1. The predicted octanol–water partition coefficient (Wildman–Crippen LogP) is 3.19. The van der Waals surface area contributed by atoms with Gasteiger partial charge in [-0.2, -0.15) is 5.10 Å². The van der Waals surface area contributed by atoms with E-state index in [0.717, 1.165) is 37.1 Å². The molecule has 3 atom stereocenters. The number of amides is 2. The van der Waals surface area contributed by atoms with Crippen LogP contribution in [0.2, 0.25) is 0 Å². The van der Waals surface area contributed by atoms with Crippen molar-refractivity contribution in [3.63, 3.8) is 0 Å². The maximum atomic E-state index is 12.2. The van der Waals surface area contributed by atoms with E-state index < -0.39 is 0 Å². The number of rotatable bonds is 6. The van der Waals surface area contributed by atoms with E-state index in [0.29, 0.717) is 23.0 Å². The maximum Gasteiger partial charge on any atom is 0.407 e. The molecule has 0 saturated heterocycles. The highest BCUT2D eigenvalue weighted by Gasteiger charge is 2.56. The third-order valence-corrected chi connectivity index (χ3v) is 6.83. The minimum Gasteiger partial charge on any atom is -0.446 e. The van der Waals surface area contributed by atoms with Crippen LogP contribution in [0.25, 0.3) is 0 Å². The molecule has 3 fully saturated rings. The van der Waals surface area contributed by atoms with Crippen LogP contribution in [0.1, 0.15) is 68.0 Å². The van der Waals surface area contributed by atoms with E-state index in [9.17, 15) is 9.59 Å². The third-order valence-electron chi connectivity index (χ3n) is 6.83. The van der Waals surface area contributed by atoms with Gasteiger partial charge in [-0.25, -0.2) is 4.79 Å². The van der Waals surface area contributed by atoms with E-state index in [1.54, 1.807) is 6.07 Å². The number of nitrogens with one attached hydrogen (secondary N) is 3. The lowest BCUT2D eigenvalue weighted by Crippen LogP contribution is -2.48. The van der Waals surface area contributed by atoms with Gasteiger partial charge in [0.2, 0.25) is 5.91 Å². The average Bonchev–Trinajstić information content (AvgIpc) is 2.98. The van der Waals surface area contributed by atoms with Crippen molar-refractivity contribution in [1.82, 2.24) is 20.7 Å². The Morgan fingerprint density at radius 2 is 2.13 bits per heavy atom. The Labute approximate surface area is 174 Å². The molecule has 5 rings (SSSR count). The maximum absolute atomic E-state index is 12.2. The fourth-order valence-electron chi connectivity index (χ4n) is 4.79. The highest BCUT2D eigenvalue weighted by Crippen LogP contribution is 2.60. The van der Waals surface area contributed by atoms with Crippen LogP contribution in [0.4, 0.5) is 10.6 Å². The molecule has 2 amide bonds. The lowest BCUT2D eigenvalue weighted by molar-refractivity contribution is -0.115. The molecule has 3 aliphatic carbocycles. The van der Waals surface area contributed by atoms with Crippen LogP contribution in [0.15, 0.2) is 16.7 Å². The number of carbonyl (C=O) groups is 2. The summed E-state index contributed by atoms with van der Waals surface area (Å²) in [6, 6.07) is 3.89. The van der Waals surface area contributed by atoms with Crippen molar-refractivity contribution in [3.05, 3.63) is 29.3 Å². The number of nitrogens with zero attached hydrogens (tertiary/aromatic N) is 2. The average molecular weight is 413 g/mol. The van der Waals surface area contributed by atoms with Crippen LogP contribution in [-0.2, 0) is 16.0 Å². The Bertz CT molecular complexity index is 947. The zero-order valence-electron chi connectivity index (χ0n) is 17.1. The highest BCUT2D eigenvalue weighted by molar-refractivity contribution is 5.91. The fourth-order valence-corrected chi connectivity index (χ4v) is 4.79. The zero-order chi connectivity index (χ0) is 20.7. The van der Waals surface area contributed by atoms with Gasteiger partial charge in [-0.05, 0) is 57.3 Å². The van der Waals surface area contributed by atoms with Crippen molar-refractivity contribution < 1.29 is 18.8 Å². The molecule has 2 heterocycles. The molecular formula is C21H27N5O4. The van der Waals surface area contributed by atoms with E-state index >= 15 is 0 Å². The topological polar surface area (TPSA) is 122 Å². The first kappa shape index (κ1) is 19.1. The smallest absolute Gasteiger partial charge is 0.407 e. The summed E-state index contributed by atoms with van der Waals surface area (Å²) in [5.41, 5.74) is 2.09. The minimum absolute atomic E-state index is 0.0822. The van der Waals surface area contributed by atoms with E-state index in [1.165, 1.54) is 19.3 Å². The first-order valence-corrected chi connectivity index (χ1v) is 10.7. The zero-order valence-corrected chi connectivity index (χ0v) is 17.1. The number of H-pyrrole nitrogens is 1. The standard InChI is InChI=1S/C21H27N5O4/c1-12-8-15(30-26-12)10-19(27)23-18-11-16(24-25-18)13-2-3-14(9-13)29-20(28)22-17-4-5-21(17)6-7-21/h8,11,13-14,17H,2-7,9-10H2,1H3,(H,22,28)(H2,23,24,25,27)/t13-,14-,17?/m0/s1. The number of aromatic amines is 1. The molecule has 3 N–H and O–H groups in total. The molecular weight excluding hydrogens is 386 g/mol. The van der Waals surface area contributed by atoms with Crippen LogP contribution >= 0.6 is 0 Å². The normalized spacial score (nSPS) is 26.2. The van der Waals surface area contributed by atoms with Crippen LogP contribution < -0.4 is 10.6 Å². The molecule has 1 unspecified atom stereocenters. The number of hydrogen-bond donors (Lipinski definition) is 3. The van der Waals surface area contributed by atoms with Gasteiger partial charge in [0.15, 0.2) is 5.82 Å². The quantitative estimate of drug-likeness (QED) is 0.668. The monoisotopic (exact) mass is 413 g/mol. The van der Waals surface area contributed by atoms with Crippen molar-refractivity contribution in [1.29, 1.82) is 0 Å². The van der Waals surface area contributed by atoms with Crippen molar-refractivity contribution in [3.8, 4) is 0 Å². The number of hydrogen-bond acceptors (Lipinski definition) is 6. The summed E-state index contributed by atoms with van der Waals surface area (Å²) < 4.78 is 10.7. The van der Waals surface area contributed by atoms with Gasteiger partial charge in [-0.1, -0.05) is 5.16 Å². The molecule has 3 aliphatic rings. The third kappa shape index (κ3) is 3.93. The Balaban J connectivity index is 1.09. The molecule has 0 bridgehead atoms. The molecule has 0 aliphatic heterocycles. The molecule has 9 heteroatoms. The fraction of sp³-hybridized carbons (Fsp3) is 0.619. The molecule has 30 heavy (non-hydrogen) atoms. The van der Waals surface area contributed by atoms with Crippen LogP contribution in [0.5, 0.6) is 0 Å². The van der Waals surface area contributed by atoms with Crippen molar-refractivity contribution in [2.45, 2.75) is 76.4 Å². The molecule has 9 nitrogen and oxygen atoms in total. The minimum atomic E-state index is -0.281. The van der Waals surface area contributed by atoms with E-state index in [4.69, 9.17) is 9.26 Å². The van der Waals surface area contributed by atoms with Gasteiger partial charge in [0, 0.05) is 29.8 Å².